The number of thiophene rings is 1. The quantitative estimate of drug-likeness (QED) is 0.599. The average Bonchev–Trinajstić information content (AvgIpc) is 3.26. The molecule has 0 spiro atoms. The van der Waals surface area contributed by atoms with Crippen molar-refractivity contribution in [3.8, 4) is 0 Å². The summed E-state index contributed by atoms with van der Waals surface area (Å²) in [5, 5.41) is 12.9. The van der Waals surface area contributed by atoms with E-state index in [2.05, 4.69) is 33.9 Å². The van der Waals surface area contributed by atoms with Gasteiger partial charge in [0.1, 0.15) is 24.4 Å². The van der Waals surface area contributed by atoms with E-state index in [0.29, 0.717) is 13.2 Å². The van der Waals surface area contributed by atoms with Crippen molar-refractivity contribution in [2.75, 3.05) is 6.61 Å². The van der Waals surface area contributed by atoms with Gasteiger partial charge in [-0.3, -0.25) is 0 Å². The average molecular weight is 479 g/mol. The lowest BCUT2D eigenvalue weighted by molar-refractivity contribution is -0.358. The molecular formula is C24H34O6SSi. The highest BCUT2D eigenvalue weighted by atomic mass is 32.1. The van der Waals surface area contributed by atoms with Gasteiger partial charge in [-0.2, -0.15) is 0 Å². The molecular weight excluding hydrogens is 444 g/mol. The second-order valence-corrected chi connectivity index (χ2v) is 15.7. The second kappa shape index (κ2) is 9.64. The van der Waals surface area contributed by atoms with Crippen LogP contribution in [0.1, 0.15) is 37.5 Å². The smallest absolute Gasteiger partial charge is 0.192 e. The number of hydrogen-bond acceptors (Lipinski definition) is 7. The monoisotopic (exact) mass is 478 g/mol. The Kier molecular flexibility index (Phi) is 7.24. The summed E-state index contributed by atoms with van der Waals surface area (Å²) < 4.78 is 31.3. The van der Waals surface area contributed by atoms with E-state index in [-0.39, 0.29) is 5.04 Å². The molecule has 2 unspecified atom stereocenters. The van der Waals surface area contributed by atoms with Gasteiger partial charge in [-0.25, -0.2) is 0 Å². The van der Waals surface area contributed by atoms with Gasteiger partial charge < -0.3 is 28.5 Å². The van der Waals surface area contributed by atoms with Crippen molar-refractivity contribution < 1.29 is 28.5 Å². The number of fused-ring (bicyclic) bond motifs is 1. The largest absolute Gasteiger partial charge is 0.408 e. The van der Waals surface area contributed by atoms with Crippen LogP contribution in [0, 0.1) is 0 Å². The summed E-state index contributed by atoms with van der Waals surface area (Å²) in [6.45, 7) is 11.7. The highest BCUT2D eigenvalue weighted by Gasteiger charge is 2.53. The van der Waals surface area contributed by atoms with Crippen LogP contribution in [-0.4, -0.2) is 50.7 Å². The third-order valence-corrected chi connectivity index (χ3v) is 11.9. The Bertz CT molecular complexity index is 853. The Labute approximate surface area is 195 Å². The number of ether oxygens (including phenoxy) is 4. The van der Waals surface area contributed by atoms with E-state index in [4.69, 9.17) is 23.4 Å². The first kappa shape index (κ1) is 24.0. The predicted octanol–water partition coefficient (Wildman–Crippen LogP) is 4.86. The van der Waals surface area contributed by atoms with Crippen molar-refractivity contribution in [1.82, 2.24) is 0 Å². The standard InChI is InChI=1S/C24H34O6SSi/c1-24(2,3)32(4,5)30-20-19-18(15-27-23(29-19)16-10-7-6-8-11-16)28-22(25)21(20)26-14-17-12-9-13-31-17/h6-13,18-23,25H,14-15H2,1-5H3/t18-,19-,20+,21-,22?,23?/m1/s1. The molecule has 6 nitrogen and oxygen atoms in total. The van der Waals surface area contributed by atoms with Gasteiger partial charge in [0, 0.05) is 10.4 Å². The predicted molar refractivity (Wildman–Crippen MR) is 126 cm³/mol. The molecule has 4 rings (SSSR count). The van der Waals surface area contributed by atoms with E-state index >= 15 is 0 Å². The molecule has 0 aliphatic carbocycles. The zero-order valence-electron chi connectivity index (χ0n) is 19.4. The molecule has 176 valence electrons. The Morgan fingerprint density at radius 1 is 1.06 bits per heavy atom. The summed E-state index contributed by atoms with van der Waals surface area (Å²) in [4.78, 5) is 1.08. The van der Waals surface area contributed by atoms with Gasteiger partial charge in [0.2, 0.25) is 0 Å². The molecule has 0 radical (unpaired) electrons. The highest BCUT2D eigenvalue weighted by molar-refractivity contribution is 7.09. The van der Waals surface area contributed by atoms with Crippen LogP contribution in [-0.2, 0) is 30.0 Å². The zero-order valence-corrected chi connectivity index (χ0v) is 21.2. The van der Waals surface area contributed by atoms with Gasteiger partial charge in [-0.1, -0.05) is 57.2 Å². The number of rotatable bonds is 6. The van der Waals surface area contributed by atoms with Crippen molar-refractivity contribution in [2.24, 2.45) is 0 Å². The molecule has 8 heteroatoms. The lowest BCUT2D eigenvalue weighted by Crippen LogP contribution is -2.65. The molecule has 1 N–H and O–H groups in total. The first-order valence-corrected chi connectivity index (χ1v) is 14.9. The maximum atomic E-state index is 10.9. The van der Waals surface area contributed by atoms with E-state index in [9.17, 15) is 5.11 Å². The molecule has 2 fully saturated rings. The summed E-state index contributed by atoms with van der Waals surface area (Å²) in [7, 11) is -2.20. The molecule has 2 aliphatic rings. The van der Waals surface area contributed by atoms with E-state index in [1.54, 1.807) is 11.3 Å². The topological polar surface area (TPSA) is 66.4 Å². The summed E-state index contributed by atoms with van der Waals surface area (Å²) >= 11 is 1.62. The maximum Gasteiger partial charge on any atom is 0.192 e. The van der Waals surface area contributed by atoms with Crippen LogP contribution in [0.15, 0.2) is 47.8 Å². The van der Waals surface area contributed by atoms with E-state index in [1.165, 1.54) is 0 Å². The lowest BCUT2D eigenvalue weighted by atomic mass is 9.97. The van der Waals surface area contributed by atoms with Crippen molar-refractivity contribution in [2.45, 2.75) is 82.5 Å². The molecule has 3 heterocycles. The Balaban J connectivity index is 1.60. The molecule has 2 aliphatic heterocycles. The van der Waals surface area contributed by atoms with Gasteiger partial charge in [-0.05, 0) is 29.6 Å². The summed E-state index contributed by atoms with van der Waals surface area (Å²) in [5.74, 6) is 0. The van der Waals surface area contributed by atoms with Gasteiger partial charge in [-0.15, -0.1) is 11.3 Å². The highest BCUT2D eigenvalue weighted by Crippen LogP contribution is 2.42. The van der Waals surface area contributed by atoms with Crippen LogP contribution < -0.4 is 0 Å². The number of aliphatic hydroxyl groups excluding tert-OH is 1. The third kappa shape index (κ3) is 5.18. The van der Waals surface area contributed by atoms with Crippen LogP contribution >= 0.6 is 11.3 Å². The number of benzene rings is 1. The zero-order chi connectivity index (χ0) is 22.9. The maximum absolute atomic E-state index is 10.9. The summed E-state index contributed by atoms with van der Waals surface area (Å²) in [6, 6.07) is 13.9. The van der Waals surface area contributed by atoms with Crippen LogP contribution in [0.3, 0.4) is 0 Å². The van der Waals surface area contributed by atoms with Gasteiger partial charge in [0.15, 0.2) is 20.9 Å². The van der Waals surface area contributed by atoms with Crippen LogP contribution in [0.4, 0.5) is 0 Å². The van der Waals surface area contributed by atoms with Crippen molar-refractivity contribution in [3.05, 3.63) is 58.3 Å². The van der Waals surface area contributed by atoms with Crippen LogP contribution in [0.2, 0.25) is 18.1 Å². The normalized spacial score (nSPS) is 31.3. The van der Waals surface area contributed by atoms with Crippen molar-refractivity contribution >= 4 is 19.7 Å². The molecule has 1 aromatic carbocycles. The molecule has 0 saturated carbocycles. The van der Waals surface area contributed by atoms with Crippen LogP contribution in [0.5, 0.6) is 0 Å². The van der Waals surface area contributed by atoms with Gasteiger partial charge in [0.25, 0.3) is 0 Å². The molecule has 2 aromatic rings. The number of aliphatic hydroxyl groups is 1. The molecule has 1 aromatic heterocycles. The van der Waals surface area contributed by atoms with E-state index in [0.717, 1.165) is 10.4 Å². The first-order chi connectivity index (χ1) is 15.2. The fourth-order valence-corrected chi connectivity index (χ4v) is 5.67. The summed E-state index contributed by atoms with van der Waals surface area (Å²) in [5.41, 5.74) is 0.944. The molecule has 32 heavy (non-hydrogen) atoms. The van der Waals surface area contributed by atoms with Gasteiger partial charge >= 0.3 is 0 Å². The minimum atomic E-state index is -2.20. The fourth-order valence-electron chi connectivity index (χ4n) is 3.74. The molecule has 0 amide bonds. The molecule has 0 bridgehead atoms. The molecule has 6 atom stereocenters. The van der Waals surface area contributed by atoms with E-state index < -0.39 is 45.3 Å². The Morgan fingerprint density at radius 2 is 1.81 bits per heavy atom. The second-order valence-electron chi connectivity index (χ2n) is 9.94. The minimum Gasteiger partial charge on any atom is -0.408 e. The minimum absolute atomic E-state index is 0.00590. The van der Waals surface area contributed by atoms with Crippen molar-refractivity contribution in [1.29, 1.82) is 0 Å². The first-order valence-electron chi connectivity index (χ1n) is 11.1. The number of hydrogen-bond donors (Lipinski definition) is 1. The Morgan fingerprint density at radius 3 is 2.47 bits per heavy atom. The third-order valence-electron chi connectivity index (χ3n) is 6.61. The summed E-state index contributed by atoms with van der Waals surface area (Å²) in [6.07, 6.45) is -3.62. The van der Waals surface area contributed by atoms with Crippen LogP contribution in [0.25, 0.3) is 0 Å². The van der Waals surface area contributed by atoms with Crippen molar-refractivity contribution in [3.63, 3.8) is 0 Å². The van der Waals surface area contributed by atoms with E-state index in [1.807, 2.05) is 47.8 Å². The lowest BCUT2D eigenvalue weighted by Gasteiger charge is -2.51. The fraction of sp³-hybridized carbons (Fsp3) is 0.583. The molecule has 2 saturated heterocycles. The SMILES string of the molecule is CC(C)(C)[Si](C)(C)O[C@H]1[C@@H]2OC(c3ccccc3)OC[C@H]2OC(O)[C@@H]1OCc1cccs1. The van der Waals surface area contributed by atoms with Gasteiger partial charge in [0.05, 0.1) is 13.2 Å². The Hall–Kier alpha value is -1.10.